The van der Waals surface area contributed by atoms with Crippen LogP contribution in [0.25, 0.3) is 16.6 Å². The molecule has 0 radical (unpaired) electrons. The van der Waals surface area contributed by atoms with Crippen LogP contribution in [0.5, 0.6) is 5.75 Å². The van der Waals surface area contributed by atoms with E-state index in [-0.39, 0.29) is 11.5 Å². The van der Waals surface area contributed by atoms with Gasteiger partial charge < -0.3 is 9.67 Å². The molecule has 0 spiro atoms. The Morgan fingerprint density at radius 3 is 2.56 bits per heavy atom. The van der Waals surface area contributed by atoms with E-state index in [1.165, 1.54) is 0 Å². The van der Waals surface area contributed by atoms with E-state index in [1.54, 1.807) is 6.07 Å². The lowest BCUT2D eigenvalue weighted by molar-refractivity contribution is 0.103. The van der Waals surface area contributed by atoms with Gasteiger partial charge in [-0.05, 0) is 24.3 Å². The number of carbonyl (C=O) groups excluding carboxylic acids is 1. The average molecular weight is 235 g/mol. The summed E-state index contributed by atoms with van der Waals surface area (Å²) in [6, 6.07) is 14.9. The molecule has 1 N–H and O–H groups in total. The van der Waals surface area contributed by atoms with Crippen LogP contribution in [0.1, 0.15) is 16.1 Å². The van der Waals surface area contributed by atoms with Gasteiger partial charge in [0.15, 0.2) is 5.75 Å². The fourth-order valence-electron chi connectivity index (χ4n) is 2.67. The quantitative estimate of drug-likeness (QED) is 0.509. The zero-order valence-corrected chi connectivity index (χ0v) is 9.42. The summed E-state index contributed by atoms with van der Waals surface area (Å²) in [6.45, 7) is 0. The standard InChI is InChI=1S/C15H9NO2/c17-14-9-5-1-3-7-11(9)16-12-8-4-2-6-10(12)15(18)13(14)16/h1-8,17H. The molecule has 0 unspecified atom stereocenters. The van der Waals surface area contributed by atoms with Gasteiger partial charge in [0.05, 0.1) is 11.2 Å². The second-order valence-corrected chi connectivity index (χ2v) is 4.40. The van der Waals surface area contributed by atoms with Gasteiger partial charge in [-0.25, -0.2) is 0 Å². The Balaban J connectivity index is 2.26. The second-order valence-electron chi connectivity index (χ2n) is 4.40. The molecule has 0 amide bonds. The highest BCUT2D eigenvalue weighted by Gasteiger charge is 2.32. The van der Waals surface area contributed by atoms with E-state index in [1.807, 2.05) is 47.0 Å². The van der Waals surface area contributed by atoms with Gasteiger partial charge in [-0.1, -0.05) is 24.3 Å². The zero-order valence-electron chi connectivity index (χ0n) is 9.42. The van der Waals surface area contributed by atoms with Crippen molar-refractivity contribution in [1.82, 2.24) is 4.57 Å². The van der Waals surface area contributed by atoms with Crippen molar-refractivity contribution in [2.24, 2.45) is 0 Å². The van der Waals surface area contributed by atoms with Crippen LogP contribution in [0.15, 0.2) is 48.5 Å². The van der Waals surface area contributed by atoms with Crippen molar-refractivity contribution in [3.8, 4) is 11.4 Å². The molecule has 3 aromatic rings. The lowest BCUT2D eigenvalue weighted by Crippen LogP contribution is -1.95. The molecule has 0 saturated carbocycles. The monoisotopic (exact) mass is 235 g/mol. The van der Waals surface area contributed by atoms with Crippen LogP contribution in [-0.4, -0.2) is 15.5 Å². The largest absolute Gasteiger partial charge is 0.505 e. The van der Waals surface area contributed by atoms with Crippen molar-refractivity contribution < 1.29 is 9.90 Å². The molecule has 18 heavy (non-hydrogen) atoms. The summed E-state index contributed by atoms with van der Waals surface area (Å²) in [6.07, 6.45) is 0. The maximum Gasteiger partial charge on any atom is 0.215 e. The molecule has 1 aliphatic heterocycles. The third-order valence-electron chi connectivity index (χ3n) is 3.45. The van der Waals surface area contributed by atoms with Crippen LogP contribution < -0.4 is 0 Å². The highest BCUT2D eigenvalue weighted by Crippen LogP contribution is 2.40. The molecule has 0 bridgehead atoms. The van der Waals surface area contributed by atoms with Crippen LogP contribution >= 0.6 is 0 Å². The van der Waals surface area contributed by atoms with Crippen LogP contribution in [0.4, 0.5) is 0 Å². The molecule has 0 saturated heterocycles. The Hall–Kier alpha value is -2.55. The highest BCUT2D eigenvalue weighted by molar-refractivity contribution is 6.19. The number of nitrogens with zero attached hydrogens (tertiary/aromatic N) is 1. The first-order valence-corrected chi connectivity index (χ1v) is 5.75. The highest BCUT2D eigenvalue weighted by atomic mass is 16.3. The number of benzene rings is 2. The lowest BCUT2D eigenvalue weighted by Gasteiger charge is -2.02. The van der Waals surface area contributed by atoms with Crippen LogP contribution in [0.2, 0.25) is 0 Å². The summed E-state index contributed by atoms with van der Waals surface area (Å²) >= 11 is 0. The zero-order chi connectivity index (χ0) is 12.3. The maximum absolute atomic E-state index is 12.3. The van der Waals surface area contributed by atoms with Gasteiger partial charge >= 0.3 is 0 Å². The van der Waals surface area contributed by atoms with E-state index >= 15 is 0 Å². The third-order valence-corrected chi connectivity index (χ3v) is 3.45. The molecular formula is C15H9NO2. The minimum Gasteiger partial charge on any atom is -0.505 e. The molecule has 3 heteroatoms. The Kier molecular flexibility index (Phi) is 1.59. The maximum atomic E-state index is 12.3. The summed E-state index contributed by atoms with van der Waals surface area (Å²) in [5.41, 5.74) is 2.73. The summed E-state index contributed by atoms with van der Waals surface area (Å²) in [5.74, 6) is -0.0360. The Morgan fingerprint density at radius 1 is 0.944 bits per heavy atom. The van der Waals surface area contributed by atoms with E-state index in [0.29, 0.717) is 11.3 Å². The molecule has 1 aromatic heterocycles. The number of ketones is 1. The summed E-state index contributed by atoms with van der Waals surface area (Å²) in [5, 5.41) is 10.9. The molecule has 3 nitrogen and oxygen atoms in total. The molecule has 4 rings (SSSR count). The van der Waals surface area contributed by atoms with Gasteiger partial charge in [-0.15, -0.1) is 0 Å². The van der Waals surface area contributed by atoms with E-state index < -0.39 is 0 Å². The first-order chi connectivity index (χ1) is 8.79. The van der Waals surface area contributed by atoms with E-state index in [9.17, 15) is 9.90 Å². The number of aromatic nitrogens is 1. The number of aromatic hydroxyl groups is 1. The van der Waals surface area contributed by atoms with Gasteiger partial charge in [0.25, 0.3) is 0 Å². The lowest BCUT2D eigenvalue weighted by atomic mass is 10.1. The normalized spacial score (nSPS) is 12.8. The van der Waals surface area contributed by atoms with Gasteiger partial charge in [-0.3, -0.25) is 4.79 Å². The predicted molar refractivity (Wildman–Crippen MR) is 68.4 cm³/mol. The summed E-state index contributed by atoms with van der Waals surface area (Å²) < 4.78 is 1.84. The second kappa shape index (κ2) is 3.01. The van der Waals surface area contributed by atoms with E-state index in [2.05, 4.69) is 0 Å². The smallest absolute Gasteiger partial charge is 0.215 e. The van der Waals surface area contributed by atoms with Crippen LogP contribution in [0.3, 0.4) is 0 Å². The molecule has 86 valence electrons. The van der Waals surface area contributed by atoms with Crippen molar-refractivity contribution in [3.05, 3.63) is 59.8 Å². The molecule has 0 aliphatic carbocycles. The SMILES string of the molecule is O=C1c2ccccc2-n2c1c(O)c1ccccc12. The number of para-hydroxylation sites is 2. The summed E-state index contributed by atoms with van der Waals surface area (Å²) in [4.78, 5) is 12.3. The molecular weight excluding hydrogens is 226 g/mol. The van der Waals surface area contributed by atoms with Crippen molar-refractivity contribution in [3.63, 3.8) is 0 Å². The van der Waals surface area contributed by atoms with Gasteiger partial charge in [0.1, 0.15) is 5.69 Å². The van der Waals surface area contributed by atoms with Gasteiger partial charge in [-0.2, -0.15) is 0 Å². The number of hydrogen-bond donors (Lipinski definition) is 1. The Morgan fingerprint density at radius 2 is 1.67 bits per heavy atom. The Labute approximate surface area is 103 Å². The number of carbonyl (C=O) groups is 1. The van der Waals surface area contributed by atoms with Gasteiger partial charge in [0.2, 0.25) is 5.78 Å². The van der Waals surface area contributed by atoms with E-state index in [4.69, 9.17) is 0 Å². The third kappa shape index (κ3) is 0.926. The van der Waals surface area contributed by atoms with Crippen molar-refractivity contribution in [1.29, 1.82) is 0 Å². The minimum absolute atomic E-state index is 0.0757. The van der Waals surface area contributed by atoms with Crippen LogP contribution in [0, 0.1) is 0 Å². The molecule has 0 atom stereocenters. The number of hydrogen-bond acceptors (Lipinski definition) is 2. The molecule has 0 fully saturated rings. The minimum atomic E-state index is -0.112. The number of fused-ring (bicyclic) bond motifs is 5. The van der Waals surface area contributed by atoms with E-state index in [0.717, 1.165) is 16.6 Å². The van der Waals surface area contributed by atoms with Crippen molar-refractivity contribution >= 4 is 16.7 Å². The molecule has 2 aromatic carbocycles. The molecule has 1 aliphatic rings. The number of rotatable bonds is 0. The van der Waals surface area contributed by atoms with Crippen molar-refractivity contribution in [2.45, 2.75) is 0 Å². The fraction of sp³-hybridized carbons (Fsp3) is 0. The van der Waals surface area contributed by atoms with Gasteiger partial charge in [0, 0.05) is 10.9 Å². The summed E-state index contributed by atoms with van der Waals surface area (Å²) in [7, 11) is 0. The topological polar surface area (TPSA) is 42.2 Å². The van der Waals surface area contributed by atoms with Crippen LogP contribution in [-0.2, 0) is 0 Å². The Bertz CT molecular complexity index is 814. The fourth-order valence-corrected chi connectivity index (χ4v) is 2.67. The first kappa shape index (κ1) is 9.48. The average Bonchev–Trinajstić information content (AvgIpc) is 2.87. The molecule has 2 heterocycles. The van der Waals surface area contributed by atoms with Crippen molar-refractivity contribution in [2.75, 3.05) is 0 Å². The first-order valence-electron chi connectivity index (χ1n) is 5.75. The predicted octanol–water partition coefficient (Wildman–Crippen LogP) is 2.88.